The van der Waals surface area contributed by atoms with Crippen molar-refractivity contribution in [1.29, 1.82) is 0 Å². The third-order valence-electron chi connectivity index (χ3n) is 2.67. The first kappa shape index (κ1) is 10.7. The zero-order valence-electron chi connectivity index (χ0n) is 8.69. The second-order valence-electron chi connectivity index (χ2n) is 3.67. The van der Waals surface area contributed by atoms with E-state index in [4.69, 9.17) is 0 Å². The minimum atomic E-state index is 0.0154. The van der Waals surface area contributed by atoms with Gasteiger partial charge >= 0.3 is 0 Å². The van der Waals surface area contributed by atoms with Crippen LogP contribution in [0.2, 0.25) is 0 Å². The van der Waals surface area contributed by atoms with E-state index in [0.717, 1.165) is 19.5 Å². The predicted octanol–water partition coefficient (Wildman–Crippen LogP) is 1.24. The quantitative estimate of drug-likeness (QED) is 0.760. The van der Waals surface area contributed by atoms with E-state index >= 15 is 0 Å². The Hall–Kier alpha value is -0.840. The largest absolute Gasteiger partial charge is 0.351 e. The maximum atomic E-state index is 11.9. The number of anilines is 1. The van der Waals surface area contributed by atoms with Crippen molar-refractivity contribution in [3.8, 4) is 0 Å². The van der Waals surface area contributed by atoms with Gasteiger partial charge in [-0.2, -0.15) is 0 Å². The molecule has 2 rings (SSSR count). The van der Waals surface area contributed by atoms with Gasteiger partial charge in [-0.25, -0.2) is 4.98 Å². The molecule has 2 heterocycles. The number of alkyl halides is 1. The molecule has 1 saturated heterocycles. The first-order chi connectivity index (χ1) is 7.22. The Kier molecular flexibility index (Phi) is 3.09. The van der Waals surface area contributed by atoms with Crippen LogP contribution in [0.3, 0.4) is 0 Å². The molecule has 0 saturated carbocycles. The summed E-state index contributed by atoms with van der Waals surface area (Å²) < 4.78 is 1.68. The lowest BCUT2D eigenvalue weighted by molar-refractivity contribution is 0.710. The Morgan fingerprint density at radius 2 is 2.47 bits per heavy atom. The van der Waals surface area contributed by atoms with Crippen molar-refractivity contribution in [3.63, 3.8) is 0 Å². The van der Waals surface area contributed by atoms with Gasteiger partial charge in [0, 0.05) is 36.9 Å². The monoisotopic (exact) mass is 271 g/mol. The first-order valence-electron chi connectivity index (χ1n) is 5.17. The smallest absolute Gasteiger partial charge is 0.293 e. The van der Waals surface area contributed by atoms with Crippen LogP contribution in [0, 0.1) is 0 Å². The van der Waals surface area contributed by atoms with Gasteiger partial charge < -0.3 is 9.47 Å². The van der Waals surface area contributed by atoms with Crippen LogP contribution in [0.4, 0.5) is 5.82 Å². The summed E-state index contributed by atoms with van der Waals surface area (Å²) in [7, 11) is 0. The number of hydrogen-bond donors (Lipinski definition) is 0. The Morgan fingerprint density at radius 1 is 1.67 bits per heavy atom. The van der Waals surface area contributed by atoms with Crippen molar-refractivity contribution in [3.05, 3.63) is 22.7 Å². The lowest BCUT2D eigenvalue weighted by Gasteiger charge is -2.16. The van der Waals surface area contributed by atoms with Crippen molar-refractivity contribution in [1.82, 2.24) is 9.55 Å². The van der Waals surface area contributed by atoms with E-state index in [2.05, 4.69) is 20.9 Å². The molecule has 1 aliphatic heterocycles. The molecule has 0 spiro atoms. The second-order valence-corrected chi connectivity index (χ2v) is 4.97. The average Bonchev–Trinajstić information content (AvgIpc) is 2.65. The minimum absolute atomic E-state index is 0.0154. The molecule has 1 fully saturated rings. The predicted molar refractivity (Wildman–Crippen MR) is 63.7 cm³/mol. The first-order valence-corrected chi connectivity index (χ1v) is 6.08. The van der Waals surface area contributed by atoms with Gasteiger partial charge in [0.15, 0.2) is 5.82 Å². The number of halogens is 1. The Morgan fingerprint density at radius 3 is 3.07 bits per heavy atom. The molecule has 1 atom stereocenters. The molecule has 0 radical (unpaired) electrons. The fourth-order valence-corrected chi connectivity index (χ4v) is 2.37. The zero-order valence-corrected chi connectivity index (χ0v) is 10.3. The standard InChI is InChI=1S/C10H14BrN3O/c1-2-13-6-4-12-9(10(13)15)14-5-3-8(11)7-14/h4,6,8H,2-3,5,7H2,1H3. The van der Waals surface area contributed by atoms with E-state index in [1.807, 2.05) is 11.8 Å². The molecule has 5 heteroatoms. The molecule has 1 aliphatic rings. The van der Waals surface area contributed by atoms with E-state index in [9.17, 15) is 4.79 Å². The van der Waals surface area contributed by atoms with E-state index in [1.54, 1.807) is 17.0 Å². The summed E-state index contributed by atoms with van der Waals surface area (Å²) in [5.41, 5.74) is 0.0154. The summed E-state index contributed by atoms with van der Waals surface area (Å²) in [5.74, 6) is 0.585. The Bertz CT molecular complexity index is 404. The zero-order chi connectivity index (χ0) is 10.8. The molecule has 0 aliphatic carbocycles. The molecule has 0 aromatic carbocycles. The van der Waals surface area contributed by atoms with Crippen molar-refractivity contribution in [2.45, 2.75) is 24.7 Å². The van der Waals surface area contributed by atoms with Gasteiger partial charge in [0.05, 0.1) is 0 Å². The fourth-order valence-electron chi connectivity index (χ4n) is 1.81. The van der Waals surface area contributed by atoms with E-state index in [-0.39, 0.29) is 5.56 Å². The van der Waals surface area contributed by atoms with Gasteiger partial charge in [0.2, 0.25) is 0 Å². The van der Waals surface area contributed by atoms with E-state index in [1.165, 1.54) is 0 Å². The van der Waals surface area contributed by atoms with Gasteiger partial charge in [-0.3, -0.25) is 4.79 Å². The number of nitrogens with zero attached hydrogens (tertiary/aromatic N) is 3. The lowest BCUT2D eigenvalue weighted by atomic mass is 10.4. The molecule has 1 aromatic heterocycles. The number of aromatic nitrogens is 2. The highest BCUT2D eigenvalue weighted by molar-refractivity contribution is 9.09. The van der Waals surface area contributed by atoms with Crippen LogP contribution in [0.25, 0.3) is 0 Å². The summed E-state index contributed by atoms with van der Waals surface area (Å²) in [6, 6.07) is 0. The third-order valence-corrected chi connectivity index (χ3v) is 3.41. The van der Waals surface area contributed by atoms with Crippen LogP contribution in [-0.4, -0.2) is 27.5 Å². The van der Waals surface area contributed by atoms with Crippen molar-refractivity contribution < 1.29 is 0 Å². The highest BCUT2D eigenvalue weighted by Gasteiger charge is 2.23. The van der Waals surface area contributed by atoms with Crippen LogP contribution in [-0.2, 0) is 6.54 Å². The lowest BCUT2D eigenvalue weighted by Crippen LogP contribution is -2.31. The van der Waals surface area contributed by atoms with E-state index < -0.39 is 0 Å². The molecule has 0 N–H and O–H groups in total. The highest BCUT2D eigenvalue weighted by atomic mass is 79.9. The average molecular weight is 272 g/mol. The van der Waals surface area contributed by atoms with Gasteiger partial charge in [-0.15, -0.1) is 0 Å². The van der Waals surface area contributed by atoms with Crippen LogP contribution in [0.1, 0.15) is 13.3 Å². The maximum absolute atomic E-state index is 11.9. The molecule has 1 aromatic rings. The maximum Gasteiger partial charge on any atom is 0.293 e. The van der Waals surface area contributed by atoms with Crippen molar-refractivity contribution >= 4 is 21.7 Å². The van der Waals surface area contributed by atoms with Gasteiger partial charge in [0.1, 0.15) is 0 Å². The Balaban J connectivity index is 2.32. The molecular weight excluding hydrogens is 258 g/mol. The van der Waals surface area contributed by atoms with Crippen LogP contribution < -0.4 is 10.5 Å². The molecule has 15 heavy (non-hydrogen) atoms. The minimum Gasteiger partial charge on any atom is -0.351 e. The molecule has 4 nitrogen and oxygen atoms in total. The fraction of sp³-hybridized carbons (Fsp3) is 0.600. The topological polar surface area (TPSA) is 38.1 Å². The molecule has 1 unspecified atom stereocenters. The van der Waals surface area contributed by atoms with Gasteiger partial charge in [0.25, 0.3) is 5.56 Å². The summed E-state index contributed by atoms with van der Waals surface area (Å²) >= 11 is 3.56. The summed E-state index contributed by atoms with van der Waals surface area (Å²) in [4.78, 5) is 18.6. The summed E-state index contributed by atoms with van der Waals surface area (Å²) in [6.07, 6.45) is 4.50. The summed E-state index contributed by atoms with van der Waals surface area (Å²) in [5, 5.41) is 0. The molecule has 0 amide bonds. The molecular formula is C10H14BrN3O. The van der Waals surface area contributed by atoms with Gasteiger partial charge in [-0.1, -0.05) is 15.9 Å². The Labute approximate surface area is 97.1 Å². The number of aryl methyl sites for hydroxylation is 1. The van der Waals surface area contributed by atoms with Crippen LogP contribution >= 0.6 is 15.9 Å². The SMILES string of the molecule is CCn1ccnc(N2CCC(Br)C2)c1=O. The van der Waals surface area contributed by atoms with E-state index in [0.29, 0.717) is 17.2 Å². The molecule has 0 bridgehead atoms. The van der Waals surface area contributed by atoms with Crippen molar-refractivity contribution in [2.75, 3.05) is 18.0 Å². The normalized spacial score (nSPS) is 20.9. The molecule has 82 valence electrons. The summed E-state index contributed by atoms with van der Waals surface area (Å²) in [6.45, 7) is 4.43. The van der Waals surface area contributed by atoms with Crippen LogP contribution in [0.15, 0.2) is 17.2 Å². The van der Waals surface area contributed by atoms with Crippen molar-refractivity contribution in [2.24, 2.45) is 0 Å². The second kappa shape index (κ2) is 4.35. The van der Waals surface area contributed by atoms with Crippen LogP contribution in [0.5, 0.6) is 0 Å². The number of hydrogen-bond acceptors (Lipinski definition) is 3. The number of rotatable bonds is 2. The highest BCUT2D eigenvalue weighted by Crippen LogP contribution is 2.19. The van der Waals surface area contributed by atoms with Gasteiger partial charge in [-0.05, 0) is 13.3 Å². The third kappa shape index (κ3) is 2.07.